The highest BCUT2D eigenvalue weighted by Gasteiger charge is 2.35. The van der Waals surface area contributed by atoms with Gasteiger partial charge in [0.15, 0.2) is 0 Å². The van der Waals surface area contributed by atoms with E-state index in [1.807, 2.05) is 0 Å². The maximum Gasteiger partial charge on any atom is 0.143 e. The van der Waals surface area contributed by atoms with E-state index in [4.69, 9.17) is 4.42 Å². The van der Waals surface area contributed by atoms with Gasteiger partial charge in [0, 0.05) is 27.3 Å². The smallest absolute Gasteiger partial charge is 0.143 e. The fourth-order valence-corrected chi connectivity index (χ4v) is 9.19. The highest BCUT2D eigenvalue weighted by molar-refractivity contribution is 6.28. The van der Waals surface area contributed by atoms with Crippen LogP contribution in [-0.2, 0) is 5.41 Å². The van der Waals surface area contributed by atoms with Crippen LogP contribution in [-0.4, -0.2) is 0 Å². The Labute approximate surface area is 302 Å². The van der Waals surface area contributed by atoms with Crippen LogP contribution in [0, 0.1) is 0 Å². The summed E-state index contributed by atoms with van der Waals surface area (Å²) in [5, 5.41) is 9.61. The van der Waals surface area contributed by atoms with Gasteiger partial charge in [-0.25, -0.2) is 0 Å². The average molecular weight is 663 g/mol. The number of furan rings is 1. The summed E-state index contributed by atoms with van der Waals surface area (Å²) in [5.41, 5.74) is 14.7. The van der Waals surface area contributed by atoms with Gasteiger partial charge in [-0.2, -0.15) is 0 Å². The van der Waals surface area contributed by atoms with Gasteiger partial charge in [-0.3, -0.25) is 0 Å². The zero-order valence-corrected chi connectivity index (χ0v) is 29.1. The second-order valence-electron chi connectivity index (χ2n) is 14.8. The summed E-state index contributed by atoms with van der Waals surface area (Å²) in [6, 6.07) is 62.3. The normalized spacial score (nSPS) is 13.3. The Balaban J connectivity index is 1.13. The summed E-state index contributed by atoms with van der Waals surface area (Å²) >= 11 is 0. The lowest BCUT2D eigenvalue weighted by Crippen LogP contribution is -2.14. The molecule has 0 saturated heterocycles. The molecular weight excluding hydrogens is 629 g/mol. The van der Waals surface area contributed by atoms with Crippen molar-refractivity contribution in [1.82, 2.24) is 0 Å². The number of para-hydroxylation sites is 1. The van der Waals surface area contributed by atoms with Crippen molar-refractivity contribution in [2.24, 2.45) is 0 Å². The monoisotopic (exact) mass is 662 g/mol. The summed E-state index contributed by atoms with van der Waals surface area (Å²) in [4.78, 5) is 0. The molecule has 1 aliphatic carbocycles. The van der Waals surface area contributed by atoms with Crippen molar-refractivity contribution < 1.29 is 4.42 Å². The largest absolute Gasteiger partial charge is 0.455 e. The van der Waals surface area contributed by atoms with Gasteiger partial charge in [-0.05, 0) is 95.0 Å². The van der Waals surface area contributed by atoms with Crippen molar-refractivity contribution in [3.05, 3.63) is 181 Å². The van der Waals surface area contributed by atoms with Crippen LogP contribution in [0.2, 0.25) is 0 Å². The Hall–Kier alpha value is -6.44. The number of fused-ring (bicyclic) bond motifs is 9. The van der Waals surface area contributed by atoms with Crippen molar-refractivity contribution >= 4 is 54.3 Å². The molecular formula is C51H34O. The lowest BCUT2D eigenvalue weighted by atomic mass is 9.81. The number of hydrogen-bond acceptors (Lipinski definition) is 1. The Morgan fingerprint density at radius 1 is 0.365 bits per heavy atom. The zero-order chi connectivity index (χ0) is 34.6. The van der Waals surface area contributed by atoms with Gasteiger partial charge < -0.3 is 4.42 Å². The molecule has 0 fully saturated rings. The maximum absolute atomic E-state index is 6.77. The van der Waals surface area contributed by atoms with Gasteiger partial charge in [0.1, 0.15) is 11.2 Å². The quantitative estimate of drug-likeness (QED) is 0.172. The Morgan fingerprint density at radius 3 is 1.63 bits per heavy atom. The molecule has 0 radical (unpaired) electrons. The van der Waals surface area contributed by atoms with Crippen molar-refractivity contribution in [2.75, 3.05) is 0 Å². The van der Waals surface area contributed by atoms with Crippen LogP contribution < -0.4 is 0 Å². The first-order chi connectivity index (χ1) is 25.6. The molecule has 0 spiro atoms. The van der Waals surface area contributed by atoms with Gasteiger partial charge in [0.2, 0.25) is 0 Å². The van der Waals surface area contributed by atoms with E-state index < -0.39 is 0 Å². The third kappa shape index (κ3) is 4.05. The minimum atomic E-state index is -0.0283. The molecule has 0 unspecified atom stereocenters. The second-order valence-corrected chi connectivity index (χ2v) is 14.8. The van der Waals surface area contributed by atoms with Crippen LogP contribution >= 0.6 is 0 Å². The fraction of sp³-hybridized carbons (Fsp3) is 0.0588. The summed E-state index contributed by atoms with van der Waals surface area (Å²) in [6.07, 6.45) is 0. The minimum Gasteiger partial charge on any atom is -0.455 e. The zero-order valence-electron chi connectivity index (χ0n) is 29.1. The van der Waals surface area contributed by atoms with Crippen molar-refractivity contribution in [1.29, 1.82) is 0 Å². The second kappa shape index (κ2) is 10.8. The van der Waals surface area contributed by atoms with Crippen LogP contribution in [0.4, 0.5) is 0 Å². The summed E-state index contributed by atoms with van der Waals surface area (Å²) < 4.78 is 6.77. The molecule has 0 saturated carbocycles. The van der Waals surface area contributed by atoms with E-state index in [-0.39, 0.29) is 5.41 Å². The molecule has 11 rings (SSSR count). The van der Waals surface area contributed by atoms with Crippen LogP contribution in [0.1, 0.15) is 25.0 Å². The number of benzene rings is 9. The predicted molar refractivity (Wildman–Crippen MR) is 220 cm³/mol. The van der Waals surface area contributed by atoms with Crippen molar-refractivity contribution in [3.63, 3.8) is 0 Å². The molecule has 1 aliphatic rings. The van der Waals surface area contributed by atoms with E-state index >= 15 is 0 Å². The molecule has 244 valence electrons. The molecule has 0 bridgehead atoms. The van der Waals surface area contributed by atoms with E-state index in [1.54, 1.807) is 0 Å². The van der Waals surface area contributed by atoms with E-state index in [9.17, 15) is 0 Å². The van der Waals surface area contributed by atoms with Crippen molar-refractivity contribution in [3.8, 4) is 44.5 Å². The SMILES string of the molecule is CC1(C)c2ccccc2-c2ccc(-c3ccc(-c4c5ccccc5c(-c5c6ccccc6cc6c5oc5ccccc56)c5ccccc45)cc3)cc21. The average Bonchev–Trinajstić information content (AvgIpc) is 3.67. The van der Waals surface area contributed by atoms with Gasteiger partial charge >= 0.3 is 0 Å². The highest BCUT2D eigenvalue weighted by Crippen LogP contribution is 2.51. The van der Waals surface area contributed by atoms with Crippen LogP contribution in [0.25, 0.3) is 98.8 Å². The standard InChI is InChI=1S/C51H34O/c1-51(2)44-21-11-9-15-36(44)37-28-27-33(30-45(37)51)31-23-25-32(26-24-31)47-39-17-5-7-19-41(39)48(42-20-8-6-18-40(42)47)49-35-14-4-3-13-34(35)29-43-38-16-10-12-22-46(38)52-50(43)49/h3-30H,1-2H3. The molecule has 0 atom stereocenters. The lowest BCUT2D eigenvalue weighted by Gasteiger charge is -2.22. The lowest BCUT2D eigenvalue weighted by molar-refractivity contribution is 0.660. The molecule has 0 aliphatic heterocycles. The fourth-order valence-electron chi connectivity index (χ4n) is 9.19. The Morgan fingerprint density at radius 2 is 0.904 bits per heavy atom. The van der Waals surface area contributed by atoms with Crippen LogP contribution in [0.15, 0.2) is 174 Å². The Kier molecular flexibility index (Phi) is 6.08. The summed E-state index contributed by atoms with van der Waals surface area (Å²) in [7, 11) is 0. The first-order valence-corrected chi connectivity index (χ1v) is 18.2. The predicted octanol–water partition coefficient (Wildman–Crippen LogP) is 14.4. The van der Waals surface area contributed by atoms with E-state index in [0.717, 1.165) is 27.5 Å². The van der Waals surface area contributed by atoms with E-state index in [0.29, 0.717) is 0 Å². The van der Waals surface area contributed by atoms with Crippen LogP contribution in [0.5, 0.6) is 0 Å². The third-order valence-electron chi connectivity index (χ3n) is 11.7. The van der Waals surface area contributed by atoms with E-state index in [2.05, 4.69) is 184 Å². The molecule has 10 aromatic rings. The molecule has 9 aromatic carbocycles. The summed E-state index contributed by atoms with van der Waals surface area (Å²) in [6.45, 7) is 4.70. The van der Waals surface area contributed by atoms with Gasteiger partial charge in [-0.1, -0.05) is 166 Å². The van der Waals surface area contributed by atoms with Crippen LogP contribution in [0.3, 0.4) is 0 Å². The molecule has 0 amide bonds. The van der Waals surface area contributed by atoms with Gasteiger partial charge in [-0.15, -0.1) is 0 Å². The molecule has 1 nitrogen and oxygen atoms in total. The molecule has 0 N–H and O–H groups in total. The Bertz CT molecular complexity index is 3030. The van der Waals surface area contributed by atoms with Crippen molar-refractivity contribution in [2.45, 2.75) is 19.3 Å². The number of hydrogen-bond donors (Lipinski definition) is 0. The van der Waals surface area contributed by atoms with Gasteiger partial charge in [0.05, 0.1) is 0 Å². The molecule has 52 heavy (non-hydrogen) atoms. The first kappa shape index (κ1) is 29.3. The third-order valence-corrected chi connectivity index (χ3v) is 11.7. The van der Waals surface area contributed by atoms with Gasteiger partial charge in [0.25, 0.3) is 0 Å². The first-order valence-electron chi connectivity index (χ1n) is 18.2. The molecule has 1 aromatic heterocycles. The highest BCUT2D eigenvalue weighted by atomic mass is 16.3. The number of rotatable bonds is 3. The molecule has 1 heteroatoms. The summed E-state index contributed by atoms with van der Waals surface area (Å²) in [5.74, 6) is 0. The topological polar surface area (TPSA) is 13.1 Å². The molecule has 1 heterocycles. The minimum absolute atomic E-state index is 0.0283. The van der Waals surface area contributed by atoms with E-state index in [1.165, 1.54) is 82.4 Å². The maximum atomic E-state index is 6.77.